The molecule has 106 valence electrons. The molecular weight excluding hydrogens is 240 g/mol. The van der Waals surface area contributed by atoms with E-state index in [1.165, 1.54) is 5.56 Å². The van der Waals surface area contributed by atoms with Crippen LogP contribution in [0.5, 0.6) is 5.75 Å². The first-order valence-corrected chi connectivity index (χ1v) is 6.95. The normalized spacial score (nSPS) is 17.4. The minimum Gasteiger partial charge on any atom is -0.492 e. The van der Waals surface area contributed by atoms with Gasteiger partial charge in [-0.1, -0.05) is 18.2 Å². The minimum atomic E-state index is 0.492. The summed E-state index contributed by atoms with van der Waals surface area (Å²) < 4.78 is 10.8. The average molecular weight is 264 g/mol. The van der Waals surface area contributed by atoms with Gasteiger partial charge in [0.2, 0.25) is 0 Å². The van der Waals surface area contributed by atoms with Crippen molar-refractivity contribution in [1.29, 1.82) is 0 Å². The fraction of sp³-hybridized carbons (Fsp3) is 0.600. The predicted octanol–water partition coefficient (Wildman–Crippen LogP) is 1.51. The van der Waals surface area contributed by atoms with Crippen molar-refractivity contribution in [3.05, 3.63) is 29.8 Å². The molecule has 4 heteroatoms. The van der Waals surface area contributed by atoms with Crippen molar-refractivity contribution in [3.63, 3.8) is 0 Å². The van der Waals surface area contributed by atoms with Crippen LogP contribution in [0.3, 0.4) is 0 Å². The summed E-state index contributed by atoms with van der Waals surface area (Å²) in [5.74, 6) is 1.03. The van der Waals surface area contributed by atoms with Crippen molar-refractivity contribution >= 4 is 0 Å². The summed E-state index contributed by atoms with van der Waals surface area (Å²) in [7, 11) is 1.73. The number of hydrogen-bond donors (Lipinski definition) is 1. The van der Waals surface area contributed by atoms with Gasteiger partial charge >= 0.3 is 0 Å². The third-order valence-electron chi connectivity index (χ3n) is 3.53. The van der Waals surface area contributed by atoms with Gasteiger partial charge in [0.15, 0.2) is 0 Å². The van der Waals surface area contributed by atoms with E-state index in [0.29, 0.717) is 6.04 Å². The van der Waals surface area contributed by atoms with Crippen LogP contribution >= 0.6 is 0 Å². The van der Waals surface area contributed by atoms with E-state index < -0.39 is 0 Å². The molecule has 0 saturated carbocycles. The zero-order chi connectivity index (χ0) is 13.5. The van der Waals surface area contributed by atoms with Crippen molar-refractivity contribution in [2.75, 3.05) is 40.0 Å². The lowest BCUT2D eigenvalue weighted by Gasteiger charge is -2.27. The average Bonchev–Trinajstić information content (AvgIpc) is 2.65. The van der Waals surface area contributed by atoms with E-state index in [0.717, 1.165) is 45.1 Å². The molecule has 1 aliphatic heterocycles. The third kappa shape index (κ3) is 4.20. The molecule has 19 heavy (non-hydrogen) atoms. The first kappa shape index (κ1) is 14.3. The van der Waals surface area contributed by atoms with E-state index in [-0.39, 0.29) is 0 Å². The zero-order valence-corrected chi connectivity index (χ0v) is 11.9. The molecule has 0 fully saturated rings. The van der Waals surface area contributed by atoms with Gasteiger partial charge in [-0.15, -0.1) is 0 Å². The van der Waals surface area contributed by atoms with Crippen LogP contribution in [0.4, 0.5) is 0 Å². The second kappa shape index (κ2) is 7.48. The van der Waals surface area contributed by atoms with Gasteiger partial charge in [0, 0.05) is 44.9 Å². The van der Waals surface area contributed by atoms with Gasteiger partial charge in [0.25, 0.3) is 0 Å². The number of nitrogens with one attached hydrogen (secondary N) is 1. The Morgan fingerprint density at radius 1 is 1.42 bits per heavy atom. The van der Waals surface area contributed by atoms with Gasteiger partial charge < -0.3 is 14.8 Å². The SMILES string of the molecule is COCCNCC(C)N1CCOc2ccccc2C1. The number of benzene rings is 1. The van der Waals surface area contributed by atoms with Crippen LogP contribution in [0.25, 0.3) is 0 Å². The number of fused-ring (bicyclic) bond motifs is 1. The Labute approximate surface area is 115 Å². The van der Waals surface area contributed by atoms with Crippen LogP contribution in [0.2, 0.25) is 0 Å². The number of methoxy groups -OCH3 is 1. The minimum absolute atomic E-state index is 0.492. The highest BCUT2D eigenvalue weighted by atomic mass is 16.5. The Morgan fingerprint density at radius 3 is 3.11 bits per heavy atom. The van der Waals surface area contributed by atoms with Gasteiger partial charge in [0.05, 0.1) is 6.61 Å². The standard InChI is InChI=1S/C15H24N2O2/c1-13(11-16-7-9-18-2)17-8-10-19-15-6-4-3-5-14(15)12-17/h3-6,13,16H,7-12H2,1-2H3. The van der Waals surface area contributed by atoms with E-state index in [2.05, 4.69) is 35.3 Å². The molecule has 2 rings (SSSR count). The monoisotopic (exact) mass is 264 g/mol. The number of ether oxygens (including phenoxy) is 2. The molecule has 0 saturated heterocycles. The van der Waals surface area contributed by atoms with Crippen molar-refractivity contribution < 1.29 is 9.47 Å². The quantitative estimate of drug-likeness (QED) is 0.790. The van der Waals surface area contributed by atoms with E-state index in [1.54, 1.807) is 7.11 Å². The summed E-state index contributed by atoms with van der Waals surface area (Å²) in [6.45, 7) is 7.60. The summed E-state index contributed by atoms with van der Waals surface area (Å²) in [5.41, 5.74) is 1.28. The Hall–Kier alpha value is -1.10. The lowest BCUT2D eigenvalue weighted by atomic mass is 10.1. The molecule has 1 aromatic rings. The molecule has 0 bridgehead atoms. The molecule has 0 aliphatic carbocycles. The predicted molar refractivity (Wildman–Crippen MR) is 76.6 cm³/mol. The highest BCUT2D eigenvalue weighted by Crippen LogP contribution is 2.23. The summed E-state index contributed by atoms with van der Waals surface area (Å²) >= 11 is 0. The Morgan fingerprint density at radius 2 is 2.26 bits per heavy atom. The number of rotatable bonds is 6. The van der Waals surface area contributed by atoms with Crippen LogP contribution in [-0.4, -0.2) is 50.9 Å². The fourth-order valence-electron chi connectivity index (χ4n) is 2.34. The molecule has 1 N–H and O–H groups in total. The molecule has 4 nitrogen and oxygen atoms in total. The molecule has 0 radical (unpaired) electrons. The summed E-state index contributed by atoms with van der Waals surface area (Å²) in [5, 5.41) is 3.42. The first-order valence-electron chi connectivity index (χ1n) is 6.95. The molecule has 1 aromatic carbocycles. The van der Waals surface area contributed by atoms with Crippen LogP contribution < -0.4 is 10.1 Å². The third-order valence-corrected chi connectivity index (χ3v) is 3.53. The highest BCUT2D eigenvalue weighted by molar-refractivity contribution is 5.33. The van der Waals surface area contributed by atoms with Crippen LogP contribution in [0.1, 0.15) is 12.5 Å². The molecule has 0 spiro atoms. The molecule has 1 aliphatic rings. The van der Waals surface area contributed by atoms with E-state index in [9.17, 15) is 0 Å². The lowest BCUT2D eigenvalue weighted by molar-refractivity contribution is 0.167. The van der Waals surface area contributed by atoms with Gasteiger partial charge in [-0.2, -0.15) is 0 Å². The Balaban J connectivity index is 1.87. The number of para-hydroxylation sites is 1. The molecule has 0 aromatic heterocycles. The first-order chi connectivity index (χ1) is 9.31. The highest BCUT2D eigenvalue weighted by Gasteiger charge is 2.19. The number of hydrogen-bond acceptors (Lipinski definition) is 4. The van der Waals surface area contributed by atoms with Gasteiger partial charge in [0.1, 0.15) is 12.4 Å². The largest absolute Gasteiger partial charge is 0.492 e. The fourth-order valence-corrected chi connectivity index (χ4v) is 2.34. The van der Waals surface area contributed by atoms with Crippen molar-refractivity contribution in [2.24, 2.45) is 0 Å². The van der Waals surface area contributed by atoms with Gasteiger partial charge in [-0.25, -0.2) is 0 Å². The molecule has 1 unspecified atom stereocenters. The molecule has 1 heterocycles. The van der Waals surface area contributed by atoms with Crippen LogP contribution in [0, 0.1) is 0 Å². The summed E-state index contributed by atoms with van der Waals surface area (Å²) in [6.07, 6.45) is 0. The number of nitrogens with zero attached hydrogens (tertiary/aromatic N) is 1. The van der Waals surface area contributed by atoms with Gasteiger partial charge in [-0.05, 0) is 13.0 Å². The zero-order valence-electron chi connectivity index (χ0n) is 11.9. The second-order valence-electron chi connectivity index (χ2n) is 4.97. The van der Waals surface area contributed by atoms with Crippen LogP contribution in [0.15, 0.2) is 24.3 Å². The maximum absolute atomic E-state index is 5.79. The summed E-state index contributed by atoms with van der Waals surface area (Å²) in [4.78, 5) is 2.46. The second-order valence-corrected chi connectivity index (χ2v) is 4.97. The van der Waals surface area contributed by atoms with E-state index in [1.807, 2.05) is 6.07 Å². The maximum Gasteiger partial charge on any atom is 0.123 e. The molecule has 0 amide bonds. The molecular formula is C15H24N2O2. The lowest BCUT2D eigenvalue weighted by Crippen LogP contribution is -2.41. The smallest absolute Gasteiger partial charge is 0.123 e. The summed E-state index contributed by atoms with van der Waals surface area (Å²) in [6, 6.07) is 8.81. The van der Waals surface area contributed by atoms with Crippen molar-refractivity contribution in [3.8, 4) is 5.75 Å². The van der Waals surface area contributed by atoms with Crippen molar-refractivity contribution in [1.82, 2.24) is 10.2 Å². The van der Waals surface area contributed by atoms with Gasteiger partial charge in [-0.3, -0.25) is 4.90 Å². The Bertz CT molecular complexity index is 384. The maximum atomic E-state index is 5.79. The topological polar surface area (TPSA) is 33.7 Å². The van der Waals surface area contributed by atoms with Crippen LogP contribution in [-0.2, 0) is 11.3 Å². The molecule has 1 atom stereocenters. The Kier molecular flexibility index (Phi) is 5.63. The van der Waals surface area contributed by atoms with Crippen molar-refractivity contribution in [2.45, 2.75) is 19.5 Å². The van der Waals surface area contributed by atoms with E-state index >= 15 is 0 Å². The van der Waals surface area contributed by atoms with E-state index in [4.69, 9.17) is 9.47 Å².